The maximum absolute atomic E-state index is 10.6. The van der Waals surface area contributed by atoms with Gasteiger partial charge < -0.3 is 15.4 Å². The van der Waals surface area contributed by atoms with Crippen LogP contribution < -0.4 is 5.32 Å². The summed E-state index contributed by atoms with van der Waals surface area (Å²) in [5, 5.41) is 12.3. The van der Waals surface area contributed by atoms with Gasteiger partial charge in [-0.2, -0.15) is 0 Å². The van der Waals surface area contributed by atoms with Gasteiger partial charge in [0.25, 0.3) is 0 Å². The summed E-state index contributed by atoms with van der Waals surface area (Å²) in [6.07, 6.45) is 8.59. The number of anilines is 1. The first kappa shape index (κ1) is 17.3. The van der Waals surface area contributed by atoms with E-state index in [1.165, 1.54) is 25.7 Å². The molecule has 1 aliphatic carbocycles. The normalized spacial score (nSPS) is 15.0. The van der Waals surface area contributed by atoms with Crippen LogP contribution in [0.5, 0.6) is 0 Å². The number of imidazole rings is 1. The lowest BCUT2D eigenvalue weighted by Crippen LogP contribution is -2.14. The average Bonchev–Trinajstić information content (AvgIpc) is 3.30. The highest BCUT2D eigenvalue weighted by Crippen LogP contribution is 2.24. The highest BCUT2D eigenvalue weighted by atomic mass is 16.4. The molecule has 3 aromatic rings. The number of aliphatic carboxylic acids is 1. The minimum Gasteiger partial charge on any atom is -0.478 e. The molecule has 0 aliphatic heterocycles. The Balaban J connectivity index is 1.46. The van der Waals surface area contributed by atoms with Gasteiger partial charge in [-0.3, -0.25) is 0 Å². The van der Waals surface area contributed by atoms with Gasteiger partial charge in [-0.1, -0.05) is 37.1 Å². The number of carboxylic acids is 1. The number of hydrogen-bond donors (Lipinski definition) is 3. The molecule has 3 N–H and O–H groups in total. The fourth-order valence-corrected chi connectivity index (χ4v) is 3.65. The molecule has 0 unspecified atom stereocenters. The van der Waals surface area contributed by atoms with E-state index in [2.05, 4.69) is 33.5 Å². The number of benzene rings is 2. The van der Waals surface area contributed by atoms with Crippen LogP contribution in [0.3, 0.4) is 0 Å². The zero-order valence-electron chi connectivity index (χ0n) is 15.1. The van der Waals surface area contributed by atoms with E-state index >= 15 is 0 Å². The molecule has 1 fully saturated rings. The van der Waals surface area contributed by atoms with Crippen molar-refractivity contribution in [2.45, 2.75) is 38.1 Å². The quantitative estimate of drug-likeness (QED) is 0.561. The first-order valence-electron chi connectivity index (χ1n) is 9.41. The zero-order valence-corrected chi connectivity index (χ0v) is 15.1. The fraction of sp³-hybridized carbons (Fsp3) is 0.273. The number of aromatic amines is 1. The van der Waals surface area contributed by atoms with Crippen molar-refractivity contribution in [1.29, 1.82) is 0 Å². The Morgan fingerprint density at radius 3 is 2.70 bits per heavy atom. The Bertz CT molecular complexity index is 967. The van der Waals surface area contributed by atoms with Crippen LogP contribution >= 0.6 is 0 Å². The van der Waals surface area contributed by atoms with Crippen LogP contribution in [0.25, 0.3) is 17.1 Å². The third-order valence-electron chi connectivity index (χ3n) is 5.03. The highest BCUT2D eigenvalue weighted by molar-refractivity contribution is 5.85. The van der Waals surface area contributed by atoms with Gasteiger partial charge in [0, 0.05) is 24.2 Å². The van der Waals surface area contributed by atoms with Gasteiger partial charge in [0.05, 0.1) is 11.0 Å². The van der Waals surface area contributed by atoms with Crippen molar-refractivity contribution in [2.75, 3.05) is 5.32 Å². The van der Waals surface area contributed by atoms with Crippen LogP contribution in [-0.4, -0.2) is 27.1 Å². The van der Waals surface area contributed by atoms with Gasteiger partial charge in [-0.25, -0.2) is 9.78 Å². The summed E-state index contributed by atoms with van der Waals surface area (Å²) >= 11 is 0. The van der Waals surface area contributed by atoms with Crippen molar-refractivity contribution in [1.82, 2.24) is 9.97 Å². The van der Waals surface area contributed by atoms with Gasteiger partial charge >= 0.3 is 5.97 Å². The SMILES string of the molecule is O=C(O)/C=C/c1ccc(Cc2nc3ccc(NC4CCCC4)cc3[nH]2)cc1. The van der Waals surface area contributed by atoms with E-state index < -0.39 is 5.97 Å². The van der Waals surface area contributed by atoms with Gasteiger partial charge in [0.15, 0.2) is 0 Å². The number of nitrogens with one attached hydrogen (secondary N) is 2. The summed E-state index contributed by atoms with van der Waals surface area (Å²) in [5.74, 6) is -0.0139. The Kier molecular flexibility index (Phi) is 4.92. The van der Waals surface area contributed by atoms with E-state index in [1.54, 1.807) is 6.08 Å². The number of hydrogen-bond acceptors (Lipinski definition) is 3. The number of carboxylic acid groups (broad SMARTS) is 1. The van der Waals surface area contributed by atoms with E-state index in [9.17, 15) is 4.79 Å². The number of rotatable bonds is 6. The van der Waals surface area contributed by atoms with Gasteiger partial charge in [0.2, 0.25) is 0 Å². The van der Waals surface area contributed by atoms with Crippen molar-refractivity contribution < 1.29 is 9.90 Å². The Hall–Kier alpha value is -3.08. The summed E-state index contributed by atoms with van der Waals surface area (Å²) in [6, 6.07) is 14.7. The highest BCUT2D eigenvalue weighted by Gasteiger charge is 2.14. The third kappa shape index (κ3) is 4.37. The van der Waals surface area contributed by atoms with Gasteiger partial charge in [-0.05, 0) is 48.2 Å². The standard InChI is InChI=1S/C22H23N3O2/c26-22(27)12-9-15-5-7-16(8-6-15)13-21-24-19-11-10-18(14-20(19)25-21)23-17-3-1-2-4-17/h5-12,14,17,23H,1-4,13H2,(H,24,25)(H,26,27)/b12-9+. The lowest BCUT2D eigenvalue weighted by atomic mass is 10.1. The van der Waals surface area contributed by atoms with Crippen LogP contribution in [0, 0.1) is 0 Å². The summed E-state index contributed by atoms with van der Waals surface area (Å²) in [7, 11) is 0. The zero-order chi connectivity index (χ0) is 18.6. The summed E-state index contributed by atoms with van der Waals surface area (Å²) in [5.41, 5.74) is 5.18. The lowest BCUT2D eigenvalue weighted by Gasteiger charge is -2.13. The predicted molar refractivity (Wildman–Crippen MR) is 108 cm³/mol. The molecule has 1 aromatic heterocycles. The molecular weight excluding hydrogens is 338 g/mol. The molecule has 1 aliphatic rings. The molecule has 2 aromatic carbocycles. The molecule has 0 amide bonds. The van der Waals surface area contributed by atoms with Crippen LogP contribution in [0.2, 0.25) is 0 Å². The minimum atomic E-state index is -0.942. The monoisotopic (exact) mass is 361 g/mol. The minimum absolute atomic E-state index is 0.596. The summed E-state index contributed by atoms with van der Waals surface area (Å²) in [6.45, 7) is 0. The molecule has 0 spiro atoms. The molecule has 1 heterocycles. The first-order chi connectivity index (χ1) is 13.2. The Labute approximate surface area is 158 Å². The number of H-pyrrole nitrogens is 1. The fourth-order valence-electron chi connectivity index (χ4n) is 3.65. The van der Waals surface area contributed by atoms with Gasteiger partial charge in [-0.15, -0.1) is 0 Å². The maximum atomic E-state index is 10.6. The van der Waals surface area contributed by atoms with Crippen LogP contribution in [0.4, 0.5) is 5.69 Å². The second kappa shape index (κ2) is 7.66. The van der Waals surface area contributed by atoms with Gasteiger partial charge in [0.1, 0.15) is 5.82 Å². The van der Waals surface area contributed by atoms with Crippen molar-refractivity contribution in [2.24, 2.45) is 0 Å². The van der Waals surface area contributed by atoms with Crippen molar-refractivity contribution in [3.63, 3.8) is 0 Å². The first-order valence-corrected chi connectivity index (χ1v) is 9.41. The largest absolute Gasteiger partial charge is 0.478 e. The molecule has 4 rings (SSSR count). The predicted octanol–water partition coefficient (Wildman–Crippen LogP) is 4.61. The second-order valence-electron chi connectivity index (χ2n) is 7.13. The molecule has 0 saturated heterocycles. The maximum Gasteiger partial charge on any atom is 0.328 e. The number of carbonyl (C=O) groups is 1. The molecule has 1 saturated carbocycles. The Morgan fingerprint density at radius 2 is 1.96 bits per heavy atom. The van der Waals surface area contributed by atoms with E-state index in [1.807, 2.05) is 24.3 Å². The summed E-state index contributed by atoms with van der Waals surface area (Å²) < 4.78 is 0. The topological polar surface area (TPSA) is 78.0 Å². The lowest BCUT2D eigenvalue weighted by molar-refractivity contribution is -0.131. The van der Waals surface area contributed by atoms with Crippen LogP contribution in [0.1, 0.15) is 42.6 Å². The van der Waals surface area contributed by atoms with E-state index in [4.69, 9.17) is 5.11 Å². The van der Waals surface area contributed by atoms with Crippen molar-refractivity contribution in [3.8, 4) is 0 Å². The molecule has 27 heavy (non-hydrogen) atoms. The second-order valence-corrected chi connectivity index (χ2v) is 7.13. The number of nitrogens with zero attached hydrogens (tertiary/aromatic N) is 1. The number of aromatic nitrogens is 2. The van der Waals surface area contributed by atoms with E-state index in [0.29, 0.717) is 12.5 Å². The van der Waals surface area contributed by atoms with Crippen molar-refractivity contribution in [3.05, 3.63) is 65.5 Å². The van der Waals surface area contributed by atoms with Crippen LogP contribution in [-0.2, 0) is 11.2 Å². The number of fused-ring (bicyclic) bond motifs is 1. The van der Waals surface area contributed by atoms with Crippen molar-refractivity contribution >= 4 is 28.8 Å². The third-order valence-corrected chi connectivity index (χ3v) is 5.03. The summed E-state index contributed by atoms with van der Waals surface area (Å²) in [4.78, 5) is 18.7. The molecule has 138 valence electrons. The molecule has 0 atom stereocenters. The molecule has 0 radical (unpaired) electrons. The molecular formula is C22H23N3O2. The molecule has 5 nitrogen and oxygen atoms in total. The average molecular weight is 361 g/mol. The Morgan fingerprint density at radius 1 is 1.19 bits per heavy atom. The van der Waals surface area contributed by atoms with Crippen LogP contribution in [0.15, 0.2) is 48.5 Å². The van der Waals surface area contributed by atoms with E-state index in [-0.39, 0.29) is 0 Å². The molecule has 5 heteroatoms. The smallest absolute Gasteiger partial charge is 0.328 e. The molecule has 0 bridgehead atoms. The van der Waals surface area contributed by atoms with E-state index in [0.717, 1.165) is 39.7 Å².